The molecule has 6 nitrogen and oxygen atoms in total. The van der Waals surface area contributed by atoms with E-state index in [9.17, 15) is 9.59 Å². The summed E-state index contributed by atoms with van der Waals surface area (Å²) in [6.07, 6.45) is 0.241. The highest BCUT2D eigenvalue weighted by Gasteiger charge is 2.01. The van der Waals surface area contributed by atoms with E-state index in [1.165, 1.54) is 0 Å². The van der Waals surface area contributed by atoms with E-state index in [0.717, 1.165) is 5.56 Å². The van der Waals surface area contributed by atoms with Gasteiger partial charge in [0.05, 0.1) is 19.6 Å². The molecule has 6 heteroatoms. The summed E-state index contributed by atoms with van der Waals surface area (Å²) in [5.41, 5.74) is 0.730. The highest BCUT2D eigenvalue weighted by molar-refractivity contribution is 5.70. The lowest BCUT2D eigenvalue weighted by Crippen LogP contribution is -2.26. The number of aliphatic carboxylic acids is 1. The highest BCUT2D eigenvalue weighted by Crippen LogP contribution is 2.12. The molecule has 0 aliphatic carbocycles. The van der Waals surface area contributed by atoms with Crippen LogP contribution in [0, 0.1) is 0 Å². The maximum atomic E-state index is 11.0. The summed E-state index contributed by atoms with van der Waals surface area (Å²) < 4.78 is 10.2. The van der Waals surface area contributed by atoms with E-state index >= 15 is 0 Å². The second kappa shape index (κ2) is 8.79. The molecule has 1 amide bonds. The minimum absolute atomic E-state index is 0.00371. The first-order chi connectivity index (χ1) is 9.61. The number of nitrogens with one attached hydrogen (secondary N) is 1. The van der Waals surface area contributed by atoms with Crippen molar-refractivity contribution in [1.82, 2.24) is 5.32 Å². The normalized spacial score (nSPS) is 9.85. The van der Waals surface area contributed by atoms with Gasteiger partial charge in [-0.3, -0.25) is 4.79 Å². The number of hydrogen-bond acceptors (Lipinski definition) is 4. The van der Waals surface area contributed by atoms with Crippen LogP contribution in [0.15, 0.2) is 24.3 Å². The molecule has 0 spiro atoms. The van der Waals surface area contributed by atoms with E-state index < -0.39 is 12.1 Å². The Morgan fingerprint density at radius 3 is 2.55 bits per heavy atom. The van der Waals surface area contributed by atoms with Crippen LogP contribution in [0.3, 0.4) is 0 Å². The van der Waals surface area contributed by atoms with Gasteiger partial charge in [0.25, 0.3) is 0 Å². The first kappa shape index (κ1) is 15.8. The summed E-state index contributed by atoms with van der Waals surface area (Å²) in [7, 11) is 0. The lowest BCUT2D eigenvalue weighted by atomic mass is 10.1. The molecule has 2 N–H and O–H groups in total. The fraction of sp³-hybridized carbons (Fsp3) is 0.429. The first-order valence-corrected chi connectivity index (χ1v) is 6.46. The molecule has 0 fully saturated rings. The number of carbonyl (C=O) groups is 2. The molecular formula is C14H19NO5. The largest absolute Gasteiger partial charge is 0.494 e. The van der Waals surface area contributed by atoms with Gasteiger partial charge in [-0.05, 0) is 31.0 Å². The molecule has 1 aromatic rings. The number of alkyl carbamates (subject to hydrolysis) is 1. The lowest BCUT2D eigenvalue weighted by Gasteiger charge is -2.08. The third-order valence-corrected chi connectivity index (χ3v) is 2.41. The molecule has 0 saturated carbocycles. The predicted molar refractivity (Wildman–Crippen MR) is 72.9 cm³/mol. The van der Waals surface area contributed by atoms with Gasteiger partial charge in [-0.2, -0.15) is 0 Å². The Labute approximate surface area is 117 Å². The molecule has 20 heavy (non-hydrogen) atoms. The Balaban J connectivity index is 2.19. The average Bonchev–Trinajstić information content (AvgIpc) is 2.40. The molecule has 0 radical (unpaired) electrons. The van der Waals surface area contributed by atoms with Crippen molar-refractivity contribution in [2.24, 2.45) is 0 Å². The third kappa shape index (κ3) is 6.63. The molecule has 0 aliphatic heterocycles. The van der Waals surface area contributed by atoms with E-state index in [0.29, 0.717) is 31.9 Å². The first-order valence-electron chi connectivity index (χ1n) is 6.46. The number of rotatable bonds is 8. The minimum atomic E-state index is -0.858. The van der Waals surface area contributed by atoms with Crippen molar-refractivity contribution >= 4 is 12.1 Å². The lowest BCUT2D eigenvalue weighted by molar-refractivity contribution is -0.136. The average molecular weight is 281 g/mol. The zero-order valence-corrected chi connectivity index (χ0v) is 11.4. The maximum absolute atomic E-state index is 11.0. The van der Waals surface area contributed by atoms with E-state index in [1.807, 2.05) is 0 Å². The molecule has 110 valence electrons. The van der Waals surface area contributed by atoms with Crippen molar-refractivity contribution in [3.8, 4) is 5.75 Å². The van der Waals surface area contributed by atoms with Gasteiger partial charge in [-0.15, -0.1) is 0 Å². The number of amides is 1. The molecule has 0 unspecified atom stereocenters. The van der Waals surface area contributed by atoms with Gasteiger partial charge < -0.3 is 19.9 Å². The van der Waals surface area contributed by atoms with E-state index in [1.54, 1.807) is 31.2 Å². The van der Waals surface area contributed by atoms with Crippen molar-refractivity contribution in [3.63, 3.8) is 0 Å². The number of benzene rings is 1. The van der Waals surface area contributed by atoms with Crippen LogP contribution in [0.5, 0.6) is 5.75 Å². The predicted octanol–water partition coefficient (Wildman–Crippen LogP) is 1.83. The van der Waals surface area contributed by atoms with Gasteiger partial charge in [-0.25, -0.2) is 4.79 Å². The van der Waals surface area contributed by atoms with Gasteiger partial charge in [0, 0.05) is 6.54 Å². The van der Waals surface area contributed by atoms with Gasteiger partial charge in [0.1, 0.15) is 5.75 Å². The smallest absolute Gasteiger partial charge is 0.407 e. The zero-order valence-electron chi connectivity index (χ0n) is 11.4. The van der Waals surface area contributed by atoms with Gasteiger partial charge in [0.15, 0.2) is 0 Å². The van der Waals surface area contributed by atoms with Crippen LogP contribution in [0.4, 0.5) is 4.79 Å². The fourth-order valence-electron chi connectivity index (χ4n) is 1.51. The van der Waals surface area contributed by atoms with E-state index in [2.05, 4.69) is 5.32 Å². The van der Waals surface area contributed by atoms with Crippen LogP contribution in [0.2, 0.25) is 0 Å². The second-order valence-electron chi connectivity index (χ2n) is 4.06. The van der Waals surface area contributed by atoms with Crippen molar-refractivity contribution in [2.75, 3.05) is 19.8 Å². The Morgan fingerprint density at radius 1 is 1.25 bits per heavy atom. The number of carboxylic acids is 1. The van der Waals surface area contributed by atoms with Crippen LogP contribution in [-0.4, -0.2) is 36.9 Å². The zero-order chi connectivity index (χ0) is 14.8. The molecular weight excluding hydrogens is 262 g/mol. The van der Waals surface area contributed by atoms with Crippen molar-refractivity contribution < 1.29 is 24.2 Å². The summed E-state index contributed by atoms with van der Waals surface area (Å²) in [4.78, 5) is 21.5. The minimum Gasteiger partial charge on any atom is -0.494 e. The summed E-state index contributed by atoms with van der Waals surface area (Å²) in [6, 6.07) is 6.91. The number of carboxylic acid groups (broad SMARTS) is 1. The molecule has 0 bridgehead atoms. The molecule has 0 aliphatic rings. The number of carbonyl (C=O) groups excluding carboxylic acids is 1. The van der Waals surface area contributed by atoms with Crippen LogP contribution in [0.1, 0.15) is 18.9 Å². The maximum Gasteiger partial charge on any atom is 0.407 e. The summed E-state index contributed by atoms with van der Waals surface area (Å²) in [5.74, 6) is -0.181. The summed E-state index contributed by atoms with van der Waals surface area (Å²) in [6.45, 7) is 3.04. The van der Waals surface area contributed by atoms with Crippen LogP contribution in [-0.2, 0) is 16.0 Å². The van der Waals surface area contributed by atoms with Crippen molar-refractivity contribution in [1.29, 1.82) is 0 Å². The monoisotopic (exact) mass is 281 g/mol. The molecule has 0 atom stereocenters. The molecule has 0 aromatic heterocycles. The highest BCUT2D eigenvalue weighted by atomic mass is 16.5. The van der Waals surface area contributed by atoms with Crippen LogP contribution < -0.4 is 10.1 Å². The Morgan fingerprint density at radius 2 is 1.95 bits per heavy atom. The van der Waals surface area contributed by atoms with Gasteiger partial charge >= 0.3 is 12.1 Å². The SMILES string of the molecule is CCOC(=O)NCCCOc1ccc(CC(=O)O)cc1. The van der Waals surface area contributed by atoms with Crippen LogP contribution >= 0.6 is 0 Å². The standard InChI is InChI=1S/C14H19NO5/c1-2-19-14(18)15-8-3-9-20-12-6-4-11(5-7-12)10-13(16)17/h4-7H,2-3,8-10H2,1H3,(H,15,18)(H,16,17). The molecule has 0 saturated heterocycles. The Kier molecular flexibility index (Phi) is 6.95. The number of hydrogen-bond donors (Lipinski definition) is 2. The van der Waals surface area contributed by atoms with Gasteiger partial charge in [-0.1, -0.05) is 12.1 Å². The van der Waals surface area contributed by atoms with Crippen LogP contribution in [0.25, 0.3) is 0 Å². The van der Waals surface area contributed by atoms with E-state index in [-0.39, 0.29) is 6.42 Å². The molecule has 1 rings (SSSR count). The quantitative estimate of drug-likeness (QED) is 0.710. The van der Waals surface area contributed by atoms with Crippen molar-refractivity contribution in [2.45, 2.75) is 19.8 Å². The third-order valence-electron chi connectivity index (χ3n) is 2.41. The Hall–Kier alpha value is -2.24. The second-order valence-corrected chi connectivity index (χ2v) is 4.06. The summed E-state index contributed by atoms with van der Waals surface area (Å²) >= 11 is 0. The van der Waals surface area contributed by atoms with Crippen molar-refractivity contribution in [3.05, 3.63) is 29.8 Å². The Bertz CT molecular complexity index is 430. The fourth-order valence-corrected chi connectivity index (χ4v) is 1.51. The van der Waals surface area contributed by atoms with Gasteiger partial charge in [0.2, 0.25) is 0 Å². The summed E-state index contributed by atoms with van der Waals surface area (Å²) in [5, 5.41) is 11.2. The molecule has 0 heterocycles. The van der Waals surface area contributed by atoms with E-state index in [4.69, 9.17) is 14.6 Å². The number of ether oxygens (including phenoxy) is 2. The topological polar surface area (TPSA) is 84.9 Å². The molecule has 1 aromatic carbocycles.